The van der Waals surface area contributed by atoms with Crippen LogP contribution in [0.5, 0.6) is 0 Å². The summed E-state index contributed by atoms with van der Waals surface area (Å²) in [6, 6.07) is 9.49. The van der Waals surface area contributed by atoms with Crippen molar-refractivity contribution in [1.82, 2.24) is 10.2 Å². The lowest BCUT2D eigenvalue weighted by molar-refractivity contribution is 0.0372. The molecule has 3 rings (SSSR count). The molecule has 1 saturated heterocycles. The molecule has 0 unspecified atom stereocenters. The predicted octanol–water partition coefficient (Wildman–Crippen LogP) is 4.46. The fourth-order valence-electron chi connectivity index (χ4n) is 2.90. The third kappa shape index (κ3) is 5.73. The highest BCUT2D eigenvalue weighted by atomic mass is 35.5. The lowest BCUT2D eigenvalue weighted by Crippen LogP contribution is -2.37. The first-order chi connectivity index (χ1) is 12.2. The standard InChI is InChI=1S/C19H24Cl2N2O2/c20-17-5-3-15(13-18(17)21)19-6-4-16(25-19)14-22-7-1-2-8-23-9-11-24-12-10-23/h3-6,13,22H,1-2,7-12,14H2. The van der Waals surface area contributed by atoms with E-state index in [2.05, 4.69) is 10.2 Å². The van der Waals surface area contributed by atoms with Gasteiger partial charge in [-0.25, -0.2) is 0 Å². The van der Waals surface area contributed by atoms with E-state index in [-0.39, 0.29) is 0 Å². The molecule has 25 heavy (non-hydrogen) atoms. The van der Waals surface area contributed by atoms with E-state index in [1.54, 1.807) is 6.07 Å². The number of furan rings is 1. The molecule has 1 aliphatic heterocycles. The van der Waals surface area contributed by atoms with Gasteiger partial charge < -0.3 is 14.5 Å². The number of nitrogens with zero attached hydrogens (tertiary/aromatic N) is 1. The van der Waals surface area contributed by atoms with Crippen molar-refractivity contribution in [2.75, 3.05) is 39.4 Å². The Hall–Kier alpha value is -1.04. The van der Waals surface area contributed by atoms with Gasteiger partial charge in [-0.15, -0.1) is 0 Å². The topological polar surface area (TPSA) is 37.6 Å². The van der Waals surface area contributed by atoms with Crippen LogP contribution in [0.4, 0.5) is 0 Å². The van der Waals surface area contributed by atoms with Crippen LogP contribution in [-0.4, -0.2) is 44.3 Å². The Bertz CT molecular complexity index is 669. The Balaban J connectivity index is 1.36. The zero-order valence-corrected chi connectivity index (χ0v) is 15.8. The number of ether oxygens (including phenoxy) is 1. The van der Waals surface area contributed by atoms with Crippen molar-refractivity contribution in [2.45, 2.75) is 19.4 Å². The van der Waals surface area contributed by atoms with Gasteiger partial charge in [-0.1, -0.05) is 23.2 Å². The monoisotopic (exact) mass is 382 g/mol. The third-order valence-corrected chi connectivity index (χ3v) is 5.09. The van der Waals surface area contributed by atoms with Crippen molar-refractivity contribution >= 4 is 23.2 Å². The zero-order chi connectivity index (χ0) is 17.5. The van der Waals surface area contributed by atoms with E-state index >= 15 is 0 Å². The highest BCUT2D eigenvalue weighted by molar-refractivity contribution is 6.42. The molecule has 0 amide bonds. The number of morpholine rings is 1. The highest BCUT2D eigenvalue weighted by Crippen LogP contribution is 2.29. The molecule has 4 nitrogen and oxygen atoms in total. The summed E-state index contributed by atoms with van der Waals surface area (Å²) in [6.45, 7) is 6.77. The Morgan fingerprint density at radius 2 is 1.84 bits per heavy atom. The summed E-state index contributed by atoms with van der Waals surface area (Å²) < 4.78 is 11.2. The van der Waals surface area contributed by atoms with Gasteiger partial charge in [0.25, 0.3) is 0 Å². The molecule has 136 valence electrons. The number of halogens is 2. The van der Waals surface area contributed by atoms with Gasteiger partial charge >= 0.3 is 0 Å². The van der Waals surface area contributed by atoms with Crippen LogP contribution in [0.2, 0.25) is 10.0 Å². The van der Waals surface area contributed by atoms with Gasteiger partial charge in [-0.05, 0) is 56.3 Å². The van der Waals surface area contributed by atoms with Gasteiger partial charge in [0, 0.05) is 18.7 Å². The maximum absolute atomic E-state index is 6.06. The Labute approximate surface area is 159 Å². The molecule has 1 aromatic carbocycles. The molecule has 1 aromatic heterocycles. The summed E-state index contributed by atoms with van der Waals surface area (Å²) >= 11 is 12.0. The lowest BCUT2D eigenvalue weighted by atomic mass is 10.2. The summed E-state index contributed by atoms with van der Waals surface area (Å²) in [5, 5.41) is 4.53. The maximum atomic E-state index is 6.06. The predicted molar refractivity (Wildman–Crippen MR) is 102 cm³/mol. The van der Waals surface area contributed by atoms with E-state index in [4.69, 9.17) is 32.4 Å². The molecular formula is C19H24Cl2N2O2. The van der Waals surface area contributed by atoms with Gasteiger partial charge in [-0.3, -0.25) is 4.90 Å². The van der Waals surface area contributed by atoms with Crippen LogP contribution in [0.1, 0.15) is 18.6 Å². The molecule has 1 aliphatic rings. The molecule has 1 fully saturated rings. The van der Waals surface area contributed by atoms with Crippen LogP contribution >= 0.6 is 23.2 Å². The van der Waals surface area contributed by atoms with Crippen molar-refractivity contribution in [3.8, 4) is 11.3 Å². The average molecular weight is 383 g/mol. The lowest BCUT2D eigenvalue weighted by Gasteiger charge is -2.26. The molecule has 0 spiro atoms. The summed E-state index contributed by atoms with van der Waals surface area (Å²) in [6.07, 6.45) is 2.37. The van der Waals surface area contributed by atoms with Gasteiger partial charge in [0.1, 0.15) is 11.5 Å². The van der Waals surface area contributed by atoms with Crippen LogP contribution in [-0.2, 0) is 11.3 Å². The van der Waals surface area contributed by atoms with E-state index < -0.39 is 0 Å². The molecular weight excluding hydrogens is 359 g/mol. The van der Waals surface area contributed by atoms with E-state index in [0.717, 1.165) is 69.4 Å². The molecule has 0 saturated carbocycles. The second kappa shape index (κ2) is 9.60. The summed E-state index contributed by atoms with van der Waals surface area (Å²) in [4.78, 5) is 2.47. The smallest absolute Gasteiger partial charge is 0.134 e. The van der Waals surface area contributed by atoms with Crippen molar-refractivity contribution < 1.29 is 9.15 Å². The van der Waals surface area contributed by atoms with Crippen molar-refractivity contribution in [3.05, 3.63) is 46.1 Å². The number of hydrogen-bond donors (Lipinski definition) is 1. The fourth-order valence-corrected chi connectivity index (χ4v) is 3.20. The Morgan fingerprint density at radius 1 is 1.00 bits per heavy atom. The second-order valence-electron chi connectivity index (χ2n) is 6.23. The number of hydrogen-bond acceptors (Lipinski definition) is 4. The number of unbranched alkanes of at least 4 members (excludes halogenated alkanes) is 1. The molecule has 1 N–H and O–H groups in total. The molecule has 0 bridgehead atoms. The minimum Gasteiger partial charge on any atom is -0.460 e. The Kier molecular flexibility index (Phi) is 7.20. The first-order valence-corrected chi connectivity index (χ1v) is 9.53. The summed E-state index contributed by atoms with van der Waals surface area (Å²) in [5.41, 5.74) is 0.936. The molecule has 2 heterocycles. The van der Waals surface area contributed by atoms with Crippen LogP contribution in [0.3, 0.4) is 0 Å². The number of rotatable bonds is 8. The number of benzene rings is 1. The quantitative estimate of drug-likeness (QED) is 0.684. The summed E-state index contributed by atoms with van der Waals surface area (Å²) in [7, 11) is 0. The Morgan fingerprint density at radius 3 is 2.64 bits per heavy atom. The molecule has 0 aliphatic carbocycles. The molecule has 6 heteroatoms. The summed E-state index contributed by atoms with van der Waals surface area (Å²) in [5.74, 6) is 1.73. The van der Waals surface area contributed by atoms with Crippen LogP contribution in [0.15, 0.2) is 34.7 Å². The van der Waals surface area contributed by atoms with Gasteiger partial charge in [0.15, 0.2) is 0 Å². The van der Waals surface area contributed by atoms with Crippen molar-refractivity contribution in [3.63, 3.8) is 0 Å². The molecule has 0 atom stereocenters. The average Bonchev–Trinajstić information content (AvgIpc) is 3.10. The SMILES string of the molecule is Clc1ccc(-c2ccc(CNCCCCN3CCOCC3)o2)cc1Cl. The zero-order valence-electron chi connectivity index (χ0n) is 14.3. The van der Waals surface area contributed by atoms with Crippen LogP contribution < -0.4 is 5.32 Å². The number of nitrogens with one attached hydrogen (secondary N) is 1. The van der Waals surface area contributed by atoms with Gasteiger partial charge in [-0.2, -0.15) is 0 Å². The fraction of sp³-hybridized carbons (Fsp3) is 0.474. The minimum absolute atomic E-state index is 0.538. The maximum Gasteiger partial charge on any atom is 0.134 e. The third-order valence-electron chi connectivity index (χ3n) is 4.35. The van der Waals surface area contributed by atoms with E-state index in [0.29, 0.717) is 10.0 Å². The largest absolute Gasteiger partial charge is 0.460 e. The molecule has 2 aromatic rings. The first-order valence-electron chi connectivity index (χ1n) is 8.77. The van der Waals surface area contributed by atoms with Crippen molar-refractivity contribution in [1.29, 1.82) is 0 Å². The highest BCUT2D eigenvalue weighted by Gasteiger charge is 2.09. The normalized spacial score (nSPS) is 15.6. The van der Waals surface area contributed by atoms with Crippen LogP contribution in [0, 0.1) is 0 Å². The van der Waals surface area contributed by atoms with Crippen LogP contribution in [0.25, 0.3) is 11.3 Å². The molecule has 0 radical (unpaired) electrons. The van der Waals surface area contributed by atoms with E-state index in [1.165, 1.54) is 6.42 Å². The van der Waals surface area contributed by atoms with Gasteiger partial charge in [0.2, 0.25) is 0 Å². The minimum atomic E-state index is 0.538. The van der Waals surface area contributed by atoms with E-state index in [9.17, 15) is 0 Å². The van der Waals surface area contributed by atoms with Gasteiger partial charge in [0.05, 0.1) is 29.8 Å². The second-order valence-corrected chi connectivity index (χ2v) is 7.05. The van der Waals surface area contributed by atoms with Crippen molar-refractivity contribution in [2.24, 2.45) is 0 Å². The first kappa shape index (κ1) is 18.7. The van der Waals surface area contributed by atoms with E-state index in [1.807, 2.05) is 24.3 Å².